The third kappa shape index (κ3) is 9.50. The van der Waals surface area contributed by atoms with Gasteiger partial charge in [-0.3, -0.25) is 0 Å². The SMILES string of the molecule is CO/C1=C\C(=O)O[C@H]([C@@H](C)[C@@H](O)[C@H](C)[C@@]2(O)C[C@@H](O)[C@H](C)[C@@H](C(C)C)O2)[C@@H](OC)/C=C/C=C(\C)C[C@H](C)[C@H](O)[C@H](C)C=C1C. The Morgan fingerprint density at radius 1 is 1.05 bits per heavy atom. The van der Waals surface area contributed by atoms with Crippen molar-refractivity contribution in [2.24, 2.45) is 35.5 Å². The average molecular weight is 623 g/mol. The number of cyclic esters (lactones) is 1. The summed E-state index contributed by atoms with van der Waals surface area (Å²) in [4.78, 5) is 13.3. The van der Waals surface area contributed by atoms with Crippen LogP contribution in [-0.4, -0.2) is 83.0 Å². The molecular formula is C35H58O9. The lowest BCUT2D eigenvalue weighted by molar-refractivity contribution is -0.328. The number of carbonyl (C=O) groups is 1. The number of rotatable bonds is 7. The summed E-state index contributed by atoms with van der Waals surface area (Å²) in [7, 11) is 2.96. The fourth-order valence-corrected chi connectivity index (χ4v) is 6.57. The first-order chi connectivity index (χ1) is 20.5. The van der Waals surface area contributed by atoms with Gasteiger partial charge in [-0.25, -0.2) is 4.79 Å². The van der Waals surface area contributed by atoms with Gasteiger partial charge in [0.25, 0.3) is 0 Å². The van der Waals surface area contributed by atoms with Crippen LogP contribution in [0.3, 0.4) is 0 Å². The Bertz CT molecular complexity index is 1060. The second-order valence-corrected chi connectivity index (χ2v) is 13.5. The van der Waals surface area contributed by atoms with Gasteiger partial charge < -0.3 is 39.4 Å². The van der Waals surface area contributed by atoms with Crippen molar-refractivity contribution in [3.63, 3.8) is 0 Å². The largest absolute Gasteiger partial charge is 0.496 e. The average Bonchev–Trinajstić information content (AvgIpc) is 2.96. The van der Waals surface area contributed by atoms with Crippen molar-refractivity contribution in [3.05, 3.63) is 47.3 Å². The highest BCUT2D eigenvalue weighted by molar-refractivity contribution is 5.83. The molecule has 4 N–H and O–H groups in total. The van der Waals surface area contributed by atoms with Crippen molar-refractivity contribution >= 4 is 5.97 Å². The van der Waals surface area contributed by atoms with Crippen molar-refractivity contribution in [1.29, 1.82) is 0 Å². The lowest BCUT2D eigenvalue weighted by Gasteiger charge is -2.49. The third-order valence-electron chi connectivity index (χ3n) is 9.57. The van der Waals surface area contributed by atoms with Crippen molar-refractivity contribution < 1.29 is 44.2 Å². The molecule has 9 heteroatoms. The highest BCUT2D eigenvalue weighted by Gasteiger charge is 2.51. The molecule has 252 valence electrons. The van der Waals surface area contributed by atoms with Gasteiger partial charge in [0.1, 0.15) is 18.0 Å². The molecule has 0 saturated carbocycles. The summed E-state index contributed by atoms with van der Waals surface area (Å²) in [6.07, 6.45) is 4.56. The summed E-state index contributed by atoms with van der Waals surface area (Å²) in [5, 5.41) is 45.0. The van der Waals surface area contributed by atoms with E-state index in [1.165, 1.54) is 20.3 Å². The predicted octanol–water partition coefficient (Wildman–Crippen LogP) is 4.69. The molecule has 2 rings (SSSR count). The molecule has 44 heavy (non-hydrogen) atoms. The monoisotopic (exact) mass is 622 g/mol. The van der Waals surface area contributed by atoms with Crippen molar-refractivity contribution in [2.75, 3.05) is 14.2 Å². The maximum atomic E-state index is 13.3. The van der Waals surface area contributed by atoms with Gasteiger partial charge >= 0.3 is 5.97 Å². The van der Waals surface area contributed by atoms with E-state index in [9.17, 15) is 25.2 Å². The Kier molecular flexibility index (Phi) is 14.3. The van der Waals surface area contributed by atoms with Gasteiger partial charge in [0.15, 0.2) is 5.79 Å². The quantitative estimate of drug-likeness (QED) is 0.298. The summed E-state index contributed by atoms with van der Waals surface area (Å²) in [6.45, 7) is 17.0. The van der Waals surface area contributed by atoms with Crippen LogP contribution in [0.15, 0.2) is 47.3 Å². The Balaban J connectivity index is 2.51. The van der Waals surface area contributed by atoms with Crippen LogP contribution in [0.1, 0.15) is 75.2 Å². The van der Waals surface area contributed by atoms with Gasteiger partial charge in [-0.1, -0.05) is 78.3 Å². The van der Waals surface area contributed by atoms with E-state index in [2.05, 4.69) is 0 Å². The number of hydrogen-bond donors (Lipinski definition) is 4. The van der Waals surface area contributed by atoms with Gasteiger partial charge in [0.2, 0.25) is 0 Å². The highest BCUT2D eigenvalue weighted by Crippen LogP contribution is 2.41. The molecule has 0 amide bonds. The number of hydrogen-bond acceptors (Lipinski definition) is 9. The third-order valence-corrected chi connectivity index (χ3v) is 9.57. The summed E-state index contributed by atoms with van der Waals surface area (Å²) >= 11 is 0. The van der Waals surface area contributed by atoms with Crippen LogP contribution in [0.25, 0.3) is 0 Å². The van der Waals surface area contributed by atoms with E-state index in [4.69, 9.17) is 18.9 Å². The van der Waals surface area contributed by atoms with Crippen LogP contribution < -0.4 is 0 Å². The minimum atomic E-state index is -1.79. The Morgan fingerprint density at radius 3 is 2.25 bits per heavy atom. The van der Waals surface area contributed by atoms with E-state index in [0.29, 0.717) is 17.8 Å². The van der Waals surface area contributed by atoms with Crippen LogP contribution in [0, 0.1) is 35.5 Å². The maximum Gasteiger partial charge on any atom is 0.334 e. The van der Waals surface area contributed by atoms with E-state index >= 15 is 0 Å². The van der Waals surface area contributed by atoms with E-state index in [0.717, 1.165) is 5.57 Å². The second kappa shape index (κ2) is 16.5. The zero-order valence-electron chi connectivity index (χ0n) is 28.6. The molecule has 1 saturated heterocycles. The Morgan fingerprint density at radius 2 is 1.68 bits per heavy atom. The molecule has 0 unspecified atom stereocenters. The van der Waals surface area contributed by atoms with Gasteiger partial charge in [0.05, 0.1) is 37.6 Å². The number of esters is 1. The molecular weight excluding hydrogens is 564 g/mol. The fraction of sp³-hybridized carbons (Fsp3) is 0.743. The minimum Gasteiger partial charge on any atom is -0.496 e. The highest BCUT2D eigenvalue weighted by atomic mass is 16.6. The zero-order chi connectivity index (χ0) is 33.5. The van der Waals surface area contributed by atoms with E-state index in [1.54, 1.807) is 19.9 Å². The van der Waals surface area contributed by atoms with E-state index < -0.39 is 60.2 Å². The summed E-state index contributed by atoms with van der Waals surface area (Å²) in [5.74, 6) is -4.11. The molecule has 0 bridgehead atoms. The summed E-state index contributed by atoms with van der Waals surface area (Å²) in [6, 6.07) is 0. The van der Waals surface area contributed by atoms with Crippen molar-refractivity contribution in [1.82, 2.24) is 0 Å². The van der Waals surface area contributed by atoms with Crippen LogP contribution in [0.5, 0.6) is 0 Å². The van der Waals surface area contributed by atoms with E-state index in [-0.39, 0.29) is 30.1 Å². The molecule has 12 atom stereocenters. The first-order valence-electron chi connectivity index (χ1n) is 15.9. The van der Waals surface area contributed by atoms with Crippen molar-refractivity contribution in [2.45, 2.75) is 118 Å². The number of allylic oxidation sites excluding steroid dienone is 4. The predicted molar refractivity (Wildman–Crippen MR) is 170 cm³/mol. The Labute approximate surface area is 264 Å². The normalized spacial score (nSPS) is 40.0. The van der Waals surface area contributed by atoms with Crippen molar-refractivity contribution in [3.8, 4) is 0 Å². The molecule has 2 heterocycles. The first-order valence-corrected chi connectivity index (χ1v) is 15.9. The number of ether oxygens (including phenoxy) is 4. The second-order valence-electron chi connectivity index (χ2n) is 13.5. The van der Waals surface area contributed by atoms with E-state index in [1.807, 2.05) is 66.7 Å². The lowest BCUT2D eigenvalue weighted by Crippen LogP contribution is -2.59. The van der Waals surface area contributed by atoms with Crippen LogP contribution in [0.2, 0.25) is 0 Å². The molecule has 0 radical (unpaired) electrons. The Hall–Kier alpha value is -2.01. The van der Waals surface area contributed by atoms with Crippen LogP contribution in [-0.2, 0) is 23.7 Å². The standard InChI is InChI=1S/C35H58O9/c1-19(2)33-24(7)27(36)18-35(40,44-33)26(9)32(39)25(8)34-28(41-10)14-12-13-20(3)15-22(5)31(38)23(6)16-21(4)29(42-11)17-30(37)43-34/h12-14,16-17,19,22-28,31-34,36,38-40H,15,18H2,1-11H3/b14-12+,20-13+,21-16?,29-17-/t22-,23+,24-,25-,26-,27+,28-,31-,32+,33+,34+,35+/m0/s1. The molecule has 0 aliphatic carbocycles. The molecule has 0 spiro atoms. The van der Waals surface area contributed by atoms with Gasteiger partial charge in [0, 0.05) is 37.2 Å². The van der Waals surface area contributed by atoms with Gasteiger partial charge in [-0.2, -0.15) is 0 Å². The maximum absolute atomic E-state index is 13.3. The lowest BCUT2D eigenvalue weighted by atomic mass is 9.76. The first kappa shape index (κ1) is 38.2. The molecule has 2 aliphatic heterocycles. The molecule has 1 fully saturated rings. The fourth-order valence-electron chi connectivity index (χ4n) is 6.57. The van der Waals surface area contributed by atoms with Crippen LogP contribution >= 0.6 is 0 Å². The number of methoxy groups -OCH3 is 2. The molecule has 2 aliphatic rings. The number of aliphatic hydroxyl groups is 4. The molecule has 9 nitrogen and oxygen atoms in total. The van der Waals surface area contributed by atoms with Crippen LogP contribution in [0.4, 0.5) is 0 Å². The molecule has 0 aromatic rings. The molecule has 0 aromatic heterocycles. The smallest absolute Gasteiger partial charge is 0.334 e. The van der Waals surface area contributed by atoms with Gasteiger partial charge in [-0.05, 0) is 37.7 Å². The molecule has 0 aromatic carbocycles. The summed E-state index contributed by atoms with van der Waals surface area (Å²) < 4.78 is 23.4. The number of carbonyl (C=O) groups excluding carboxylic acids is 1. The van der Waals surface area contributed by atoms with Gasteiger partial charge in [-0.15, -0.1) is 0 Å². The minimum absolute atomic E-state index is 0.0150. The zero-order valence-corrected chi connectivity index (χ0v) is 28.6. The summed E-state index contributed by atoms with van der Waals surface area (Å²) in [5.41, 5.74) is 1.73. The topological polar surface area (TPSA) is 135 Å². The number of aliphatic hydroxyl groups excluding tert-OH is 3.